The van der Waals surface area contributed by atoms with Crippen LogP contribution in [-0.2, 0) is 23.5 Å². The number of aliphatic hydroxyl groups is 1. The van der Waals surface area contributed by atoms with Crippen molar-refractivity contribution in [3.8, 4) is 0 Å². The summed E-state index contributed by atoms with van der Waals surface area (Å²) in [6.07, 6.45) is 4.13. The average Bonchev–Trinajstić information content (AvgIpc) is 2.77. The predicted molar refractivity (Wildman–Crippen MR) is 155 cm³/mol. The number of aliphatic hydroxyl groups excluding tert-OH is 1. The first-order valence-electron chi connectivity index (χ1n) is 14.8. The van der Waals surface area contributed by atoms with Crippen molar-refractivity contribution in [3.63, 3.8) is 0 Å². The Hall–Kier alpha value is -1.18. The van der Waals surface area contributed by atoms with E-state index in [1.165, 1.54) is 0 Å². The van der Waals surface area contributed by atoms with Gasteiger partial charge < -0.3 is 19.0 Å². The van der Waals surface area contributed by atoms with Crippen molar-refractivity contribution in [2.45, 2.75) is 149 Å². The number of carbonyl (C=O) groups is 2. The van der Waals surface area contributed by atoms with Crippen LogP contribution in [0.25, 0.3) is 0 Å². The van der Waals surface area contributed by atoms with Crippen LogP contribution in [0.1, 0.15) is 107 Å². The minimum Gasteiger partial charge on any atom is -0.462 e. The molecule has 0 aromatic heterocycles. The fourth-order valence-electron chi connectivity index (χ4n) is 5.63. The lowest BCUT2D eigenvalue weighted by Crippen LogP contribution is -2.48. The van der Waals surface area contributed by atoms with Crippen LogP contribution in [-0.4, -0.2) is 49.8 Å². The molecule has 0 spiro atoms. The molecule has 0 aromatic carbocycles. The van der Waals surface area contributed by atoms with Crippen LogP contribution in [0.15, 0.2) is 12.2 Å². The highest BCUT2D eigenvalue weighted by Gasteiger charge is 2.45. The lowest BCUT2D eigenvalue weighted by molar-refractivity contribution is -0.171. The van der Waals surface area contributed by atoms with Gasteiger partial charge in [-0.2, -0.15) is 0 Å². The molecule has 7 heteroatoms. The maximum Gasteiger partial charge on any atom is 0.311 e. The summed E-state index contributed by atoms with van der Waals surface area (Å²) >= 11 is 0. The Balaban J connectivity index is 2.19. The summed E-state index contributed by atoms with van der Waals surface area (Å²) in [6.45, 7) is 25.2. The van der Waals surface area contributed by atoms with Crippen molar-refractivity contribution in [2.75, 3.05) is 0 Å². The first kappa shape index (κ1) is 33.0. The molecule has 2 fully saturated rings. The highest BCUT2D eigenvalue weighted by atomic mass is 28.4. The van der Waals surface area contributed by atoms with Gasteiger partial charge in [-0.1, -0.05) is 40.2 Å². The van der Waals surface area contributed by atoms with Crippen LogP contribution >= 0.6 is 0 Å². The molecule has 1 aliphatic carbocycles. The second-order valence-electron chi connectivity index (χ2n) is 14.3. The molecular weight excluding hydrogens is 496 g/mol. The Morgan fingerprint density at radius 3 is 2.37 bits per heavy atom. The van der Waals surface area contributed by atoms with Gasteiger partial charge in [0, 0.05) is 18.8 Å². The van der Waals surface area contributed by atoms with Gasteiger partial charge in [0.1, 0.15) is 12.2 Å². The fourth-order valence-corrected chi connectivity index (χ4v) is 7.00. The highest BCUT2D eigenvalue weighted by Crippen LogP contribution is 2.44. The van der Waals surface area contributed by atoms with E-state index >= 15 is 0 Å². The van der Waals surface area contributed by atoms with E-state index in [9.17, 15) is 14.7 Å². The van der Waals surface area contributed by atoms with E-state index in [1.807, 2.05) is 27.7 Å². The van der Waals surface area contributed by atoms with Crippen LogP contribution in [0, 0.1) is 23.2 Å². The second kappa shape index (κ2) is 13.0. The quantitative estimate of drug-likeness (QED) is 0.166. The normalized spacial score (nSPS) is 29.9. The topological polar surface area (TPSA) is 82.1 Å². The molecule has 1 saturated carbocycles. The van der Waals surface area contributed by atoms with E-state index in [1.54, 1.807) is 0 Å². The summed E-state index contributed by atoms with van der Waals surface area (Å²) in [5, 5.41) is 11.3. The van der Waals surface area contributed by atoms with Gasteiger partial charge in [0.25, 0.3) is 0 Å². The van der Waals surface area contributed by atoms with Gasteiger partial charge in [0.2, 0.25) is 0 Å². The van der Waals surface area contributed by atoms with Gasteiger partial charge in [0.05, 0.1) is 24.0 Å². The highest BCUT2D eigenvalue weighted by molar-refractivity contribution is 6.74. The molecule has 0 aromatic rings. The van der Waals surface area contributed by atoms with Crippen molar-refractivity contribution >= 4 is 20.3 Å². The molecule has 6 nitrogen and oxygen atoms in total. The second-order valence-corrected chi connectivity index (χ2v) is 19.1. The summed E-state index contributed by atoms with van der Waals surface area (Å²) in [4.78, 5) is 25.6. The van der Waals surface area contributed by atoms with Crippen LogP contribution in [0.3, 0.4) is 0 Å². The molecule has 0 unspecified atom stereocenters. The number of rotatable bonds is 11. The molecule has 38 heavy (non-hydrogen) atoms. The van der Waals surface area contributed by atoms with Crippen LogP contribution < -0.4 is 0 Å². The Morgan fingerprint density at radius 2 is 1.82 bits per heavy atom. The zero-order chi connectivity index (χ0) is 29.1. The number of hydrogen-bond donors (Lipinski definition) is 1. The number of esters is 2. The number of hydrogen-bond acceptors (Lipinski definition) is 6. The molecule has 0 radical (unpaired) electrons. The van der Waals surface area contributed by atoms with Gasteiger partial charge in [-0.25, -0.2) is 0 Å². The number of ether oxygens (including phenoxy) is 2. The number of carbonyl (C=O) groups excluding carboxylic acids is 2. The van der Waals surface area contributed by atoms with Crippen molar-refractivity contribution in [1.82, 2.24) is 0 Å². The van der Waals surface area contributed by atoms with Crippen molar-refractivity contribution < 1.29 is 28.6 Å². The molecule has 0 amide bonds. The van der Waals surface area contributed by atoms with E-state index in [0.717, 1.165) is 24.8 Å². The standard InChI is InChI=1S/C31H56O6Si/c1-12-31(8,9)29(34)36-26(17-20(2)3)28-24(21(4)13-16-25(28)32)15-14-22-18-23(19-27(33)35-22)37-38(10,11)30(5,6)7/h21-26,28,32H,2,12-19H2,1,3-11H3/t21-,22+,23+,24-,25+,26-,28+/m0/s1. The van der Waals surface area contributed by atoms with Gasteiger partial charge in [-0.3, -0.25) is 9.59 Å². The van der Waals surface area contributed by atoms with Crippen LogP contribution in [0.5, 0.6) is 0 Å². The van der Waals surface area contributed by atoms with Gasteiger partial charge in [-0.15, -0.1) is 6.58 Å². The third-order valence-electron chi connectivity index (χ3n) is 9.57. The largest absolute Gasteiger partial charge is 0.462 e. The summed E-state index contributed by atoms with van der Waals surface area (Å²) in [5.74, 6) is -0.0597. The minimum absolute atomic E-state index is 0.0762. The first-order chi connectivity index (χ1) is 17.4. The van der Waals surface area contributed by atoms with Gasteiger partial charge in [0.15, 0.2) is 8.32 Å². The fraction of sp³-hybridized carbons (Fsp3) is 0.871. The molecule has 1 heterocycles. The van der Waals surface area contributed by atoms with Gasteiger partial charge >= 0.3 is 11.9 Å². The molecular formula is C31H56O6Si. The lowest BCUT2D eigenvalue weighted by Gasteiger charge is -2.45. The molecule has 7 atom stereocenters. The van der Waals surface area contributed by atoms with Gasteiger partial charge in [-0.05, 0) is 82.8 Å². The van der Waals surface area contributed by atoms with Crippen molar-refractivity contribution in [1.29, 1.82) is 0 Å². The van der Waals surface area contributed by atoms with E-state index in [-0.39, 0.29) is 41.0 Å². The molecule has 1 N–H and O–H groups in total. The van der Waals surface area contributed by atoms with Crippen molar-refractivity contribution in [2.24, 2.45) is 23.2 Å². The molecule has 2 aliphatic rings. The summed E-state index contributed by atoms with van der Waals surface area (Å²) in [7, 11) is -2.00. The predicted octanol–water partition coefficient (Wildman–Crippen LogP) is 7.20. The smallest absolute Gasteiger partial charge is 0.311 e. The molecule has 1 aliphatic heterocycles. The first-order valence-corrected chi connectivity index (χ1v) is 17.7. The Kier molecular flexibility index (Phi) is 11.3. The van der Waals surface area contributed by atoms with Crippen LogP contribution in [0.4, 0.5) is 0 Å². The van der Waals surface area contributed by atoms with E-state index in [0.29, 0.717) is 38.0 Å². The average molecular weight is 553 g/mol. The Labute approximate surface area is 233 Å². The Bertz CT molecular complexity index is 829. The molecule has 1 saturated heterocycles. The van der Waals surface area contributed by atoms with Crippen LogP contribution in [0.2, 0.25) is 18.1 Å². The van der Waals surface area contributed by atoms with E-state index in [4.69, 9.17) is 13.9 Å². The third kappa shape index (κ3) is 8.66. The molecule has 220 valence electrons. The van der Waals surface area contributed by atoms with E-state index in [2.05, 4.69) is 47.4 Å². The van der Waals surface area contributed by atoms with Crippen molar-refractivity contribution in [3.05, 3.63) is 12.2 Å². The Morgan fingerprint density at radius 1 is 1.18 bits per heavy atom. The third-order valence-corrected chi connectivity index (χ3v) is 14.1. The monoisotopic (exact) mass is 552 g/mol. The maximum absolute atomic E-state index is 13.1. The van der Waals surface area contributed by atoms with E-state index < -0.39 is 25.9 Å². The maximum atomic E-state index is 13.1. The number of cyclic esters (lactones) is 1. The zero-order valence-corrected chi connectivity index (χ0v) is 26.9. The lowest BCUT2D eigenvalue weighted by atomic mass is 9.66. The summed E-state index contributed by atoms with van der Waals surface area (Å²) < 4.78 is 18.5. The zero-order valence-electron chi connectivity index (χ0n) is 25.9. The molecule has 2 rings (SSSR count). The summed E-state index contributed by atoms with van der Waals surface area (Å²) in [5.41, 5.74) is 0.358. The SMILES string of the molecule is C=C(C)C[C@H](OC(=O)C(C)(C)CC)[C@@H]1[C@@H](CC[C@@H]2C[C@@H](O[Si](C)(C)C(C)(C)C)CC(=O)O2)[C@@H](C)CC[C@H]1O. The molecule has 0 bridgehead atoms. The minimum atomic E-state index is -2.00. The summed E-state index contributed by atoms with van der Waals surface area (Å²) in [6, 6.07) is 0.